The summed E-state index contributed by atoms with van der Waals surface area (Å²) in [4.78, 5) is 2.24. The number of aliphatic hydroxyl groups excluding tert-OH is 1. The van der Waals surface area contributed by atoms with Crippen molar-refractivity contribution in [1.82, 2.24) is 0 Å². The van der Waals surface area contributed by atoms with Gasteiger partial charge in [0, 0.05) is 30.9 Å². The predicted molar refractivity (Wildman–Crippen MR) is 74.2 cm³/mol. The summed E-state index contributed by atoms with van der Waals surface area (Å²) in [7, 11) is 0. The van der Waals surface area contributed by atoms with E-state index in [9.17, 15) is 5.11 Å². The third kappa shape index (κ3) is 2.64. The first-order valence-corrected chi connectivity index (χ1v) is 6.42. The Morgan fingerprint density at radius 1 is 1.56 bits per heavy atom. The molecule has 0 saturated carbocycles. The first-order chi connectivity index (χ1) is 8.61. The Labute approximate surface area is 108 Å². The van der Waals surface area contributed by atoms with Crippen LogP contribution in [0.25, 0.3) is 0 Å². The Balaban J connectivity index is 2.31. The molecular formula is C14H21N3O. The van der Waals surface area contributed by atoms with E-state index in [-0.39, 0.29) is 12.4 Å². The highest BCUT2D eigenvalue weighted by atomic mass is 16.3. The number of nitrogens with zero attached hydrogens (tertiary/aromatic N) is 1. The normalized spacial score (nSPS) is 19.9. The molecule has 1 atom stereocenters. The molecule has 2 rings (SSSR count). The second-order valence-electron chi connectivity index (χ2n) is 5.07. The number of benzene rings is 1. The Bertz CT molecular complexity index is 445. The summed E-state index contributed by atoms with van der Waals surface area (Å²) in [5.41, 5.74) is 8.63. The smallest absolute Gasteiger partial charge is 0.124 e. The molecule has 0 bridgehead atoms. The highest BCUT2D eigenvalue weighted by Crippen LogP contribution is 2.27. The Morgan fingerprint density at radius 2 is 2.33 bits per heavy atom. The van der Waals surface area contributed by atoms with E-state index in [0.717, 1.165) is 37.2 Å². The Morgan fingerprint density at radius 3 is 3.00 bits per heavy atom. The second-order valence-corrected chi connectivity index (χ2v) is 5.07. The molecule has 4 nitrogen and oxygen atoms in total. The quantitative estimate of drug-likeness (QED) is 0.559. The van der Waals surface area contributed by atoms with Crippen molar-refractivity contribution in [3.8, 4) is 0 Å². The van der Waals surface area contributed by atoms with Crippen molar-refractivity contribution in [2.75, 3.05) is 24.6 Å². The van der Waals surface area contributed by atoms with Gasteiger partial charge < -0.3 is 15.7 Å². The van der Waals surface area contributed by atoms with Gasteiger partial charge in [0.2, 0.25) is 0 Å². The zero-order chi connectivity index (χ0) is 13.1. The van der Waals surface area contributed by atoms with Gasteiger partial charge in [0.1, 0.15) is 5.84 Å². The molecule has 1 unspecified atom stereocenters. The summed E-state index contributed by atoms with van der Waals surface area (Å²) in [5, 5.41) is 17.0. The lowest BCUT2D eigenvalue weighted by Gasteiger charge is -2.35. The van der Waals surface area contributed by atoms with E-state index in [1.165, 1.54) is 5.56 Å². The minimum atomic E-state index is 0.108. The molecule has 1 aromatic carbocycles. The maximum atomic E-state index is 9.30. The zero-order valence-corrected chi connectivity index (χ0v) is 10.8. The van der Waals surface area contributed by atoms with Crippen molar-refractivity contribution < 1.29 is 5.11 Å². The van der Waals surface area contributed by atoms with Gasteiger partial charge in [0.05, 0.1) is 0 Å². The number of nitrogens with two attached hydrogens (primary N) is 1. The molecule has 0 aromatic heterocycles. The summed E-state index contributed by atoms with van der Waals surface area (Å²) in [5.74, 6) is 0.440. The SMILES string of the molecule is Cc1ccc(C(=N)N)c(N2CCCC(CO)C2)c1. The van der Waals surface area contributed by atoms with Gasteiger partial charge in [0.25, 0.3) is 0 Å². The van der Waals surface area contributed by atoms with Gasteiger partial charge in [-0.2, -0.15) is 0 Å². The van der Waals surface area contributed by atoms with Crippen molar-refractivity contribution in [1.29, 1.82) is 5.41 Å². The highest BCUT2D eigenvalue weighted by Gasteiger charge is 2.21. The van der Waals surface area contributed by atoms with E-state index in [1.807, 2.05) is 19.1 Å². The standard InChI is InChI=1S/C14H21N3O/c1-10-4-5-12(14(15)16)13(7-10)17-6-2-3-11(8-17)9-18/h4-5,7,11,18H,2-3,6,8-9H2,1H3,(H3,15,16). The lowest BCUT2D eigenvalue weighted by Crippen LogP contribution is -2.38. The van der Waals surface area contributed by atoms with E-state index in [4.69, 9.17) is 11.1 Å². The fourth-order valence-corrected chi connectivity index (χ4v) is 2.56. The van der Waals surface area contributed by atoms with Gasteiger partial charge in [-0.25, -0.2) is 0 Å². The van der Waals surface area contributed by atoms with Crippen LogP contribution in [0, 0.1) is 18.3 Å². The van der Waals surface area contributed by atoms with Crippen LogP contribution in [0.5, 0.6) is 0 Å². The average Bonchev–Trinajstić information content (AvgIpc) is 2.38. The molecule has 4 N–H and O–H groups in total. The maximum absolute atomic E-state index is 9.30. The van der Waals surface area contributed by atoms with E-state index in [2.05, 4.69) is 11.0 Å². The van der Waals surface area contributed by atoms with Crippen LogP contribution in [0.1, 0.15) is 24.0 Å². The molecule has 0 radical (unpaired) electrons. The number of aliphatic hydroxyl groups is 1. The third-order valence-electron chi connectivity index (χ3n) is 3.56. The summed E-state index contributed by atoms with van der Waals surface area (Å²) < 4.78 is 0. The lowest BCUT2D eigenvalue weighted by atomic mass is 9.97. The number of piperidine rings is 1. The summed E-state index contributed by atoms with van der Waals surface area (Å²) >= 11 is 0. The van der Waals surface area contributed by atoms with Gasteiger partial charge in [-0.3, -0.25) is 5.41 Å². The first-order valence-electron chi connectivity index (χ1n) is 6.42. The van der Waals surface area contributed by atoms with Gasteiger partial charge in [-0.1, -0.05) is 6.07 Å². The molecular weight excluding hydrogens is 226 g/mol. The number of amidine groups is 1. The zero-order valence-electron chi connectivity index (χ0n) is 10.8. The van der Waals surface area contributed by atoms with Crippen LogP contribution in [0.15, 0.2) is 18.2 Å². The van der Waals surface area contributed by atoms with Crippen molar-refractivity contribution in [2.24, 2.45) is 11.7 Å². The van der Waals surface area contributed by atoms with Crippen molar-refractivity contribution >= 4 is 11.5 Å². The lowest BCUT2D eigenvalue weighted by molar-refractivity contribution is 0.208. The minimum Gasteiger partial charge on any atom is -0.396 e. The molecule has 1 saturated heterocycles. The largest absolute Gasteiger partial charge is 0.396 e. The summed E-state index contributed by atoms with van der Waals surface area (Å²) in [6, 6.07) is 5.97. The monoisotopic (exact) mass is 247 g/mol. The van der Waals surface area contributed by atoms with Crippen molar-refractivity contribution in [2.45, 2.75) is 19.8 Å². The molecule has 1 aliphatic heterocycles. The van der Waals surface area contributed by atoms with Crippen LogP contribution in [0.4, 0.5) is 5.69 Å². The van der Waals surface area contributed by atoms with E-state index < -0.39 is 0 Å². The van der Waals surface area contributed by atoms with Crippen LogP contribution >= 0.6 is 0 Å². The number of hydrogen-bond donors (Lipinski definition) is 3. The van der Waals surface area contributed by atoms with Gasteiger partial charge in [0.15, 0.2) is 0 Å². The van der Waals surface area contributed by atoms with E-state index >= 15 is 0 Å². The molecule has 0 aliphatic carbocycles. The number of rotatable bonds is 3. The minimum absolute atomic E-state index is 0.108. The fourth-order valence-electron chi connectivity index (χ4n) is 2.56. The molecule has 1 fully saturated rings. The molecule has 1 aliphatic rings. The number of anilines is 1. The first kappa shape index (κ1) is 12.9. The van der Waals surface area contributed by atoms with Crippen LogP contribution in [0.3, 0.4) is 0 Å². The highest BCUT2D eigenvalue weighted by molar-refractivity contribution is 6.00. The van der Waals surface area contributed by atoms with Gasteiger partial charge >= 0.3 is 0 Å². The summed E-state index contributed by atoms with van der Waals surface area (Å²) in [6.45, 7) is 4.10. The Hall–Kier alpha value is -1.55. The van der Waals surface area contributed by atoms with E-state index in [1.54, 1.807) is 0 Å². The van der Waals surface area contributed by atoms with Crippen LogP contribution in [-0.2, 0) is 0 Å². The van der Waals surface area contributed by atoms with Crippen molar-refractivity contribution in [3.05, 3.63) is 29.3 Å². The van der Waals surface area contributed by atoms with E-state index in [0.29, 0.717) is 5.92 Å². The summed E-state index contributed by atoms with van der Waals surface area (Å²) in [6.07, 6.45) is 2.16. The third-order valence-corrected chi connectivity index (χ3v) is 3.56. The number of nitrogen functional groups attached to an aromatic ring is 1. The van der Waals surface area contributed by atoms with Crippen molar-refractivity contribution in [3.63, 3.8) is 0 Å². The molecule has 0 amide bonds. The molecule has 1 heterocycles. The molecule has 1 aromatic rings. The molecule has 0 spiro atoms. The predicted octanol–water partition coefficient (Wildman–Crippen LogP) is 1.49. The fraction of sp³-hybridized carbons (Fsp3) is 0.500. The number of nitrogens with one attached hydrogen (secondary N) is 1. The van der Waals surface area contributed by atoms with Gasteiger partial charge in [-0.05, 0) is 43.4 Å². The van der Waals surface area contributed by atoms with Crippen LogP contribution in [-0.4, -0.2) is 30.6 Å². The molecule has 18 heavy (non-hydrogen) atoms. The van der Waals surface area contributed by atoms with Crippen LogP contribution in [0.2, 0.25) is 0 Å². The second kappa shape index (κ2) is 5.40. The number of hydrogen-bond acceptors (Lipinski definition) is 3. The average molecular weight is 247 g/mol. The molecule has 4 heteroatoms. The number of aryl methyl sites for hydroxylation is 1. The van der Waals surface area contributed by atoms with Crippen LogP contribution < -0.4 is 10.6 Å². The Kier molecular flexibility index (Phi) is 3.87. The maximum Gasteiger partial charge on any atom is 0.124 e. The van der Waals surface area contributed by atoms with Gasteiger partial charge in [-0.15, -0.1) is 0 Å². The topological polar surface area (TPSA) is 73.3 Å². The molecule has 98 valence electrons.